The molecule has 3 atom stereocenters. The number of rotatable bonds is 8. The van der Waals surface area contributed by atoms with Crippen LogP contribution in [0.5, 0.6) is 0 Å². The summed E-state index contributed by atoms with van der Waals surface area (Å²) in [6, 6.07) is 6.82. The number of hydrogen-bond donors (Lipinski definition) is 1. The summed E-state index contributed by atoms with van der Waals surface area (Å²) in [6.45, 7) is 5.41. The van der Waals surface area contributed by atoms with Crippen molar-refractivity contribution in [2.75, 3.05) is 32.7 Å². The molecule has 2 aromatic heterocycles. The molecule has 202 valence electrons. The largest absolute Gasteiger partial charge is 0.337 e. The van der Waals surface area contributed by atoms with Gasteiger partial charge in [0.05, 0.1) is 10.9 Å². The number of likely N-dealkylation sites (tertiary alicyclic amines) is 3. The third kappa shape index (κ3) is 6.07. The van der Waals surface area contributed by atoms with Crippen LogP contribution in [0.4, 0.5) is 0 Å². The highest BCUT2D eigenvalue weighted by Gasteiger charge is 2.37. The number of piperidine rings is 1. The van der Waals surface area contributed by atoms with Crippen molar-refractivity contribution in [1.82, 2.24) is 19.4 Å². The lowest BCUT2D eigenvalue weighted by Crippen LogP contribution is -2.55. The summed E-state index contributed by atoms with van der Waals surface area (Å²) in [4.78, 5) is 34.1. The average Bonchev–Trinajstić information content (AvgIpc) is 3.65. The van der Waals surface area contributed by atoms with E-state index in [9.17, 15) is 18.0 Å². The summed E-state index contributed by atoms with van der Waals surface area (Å²) in [5, 5.41) is 0. The second-order valence-corrected chi connectivity index (χ2v) is 14.9. The van der Waals surface area contributed by atoms with Gasteiger partial charge in [-0.3, -0.25) is 14.5 Å². The summed E-state index contributed by atoms with van der Waals surface area (Å²) >= 11 is 8.55. The fourth-order valence-corrected chi connectivity index (χ4v) is 9.32. The SMILES string of the molecule is CC1CCCN1CC1CCCN1C(=O)CN1CCCC(NS(=O)(=O)c2ccc(-c3ccc(Cl)s3)s2)C1=O. The van der Waals surface area contributed by atoms with Crippen molar-refractivity contribution in [1.29, 1.82) is 0 Å². The number of amides is 2. The van der Waals surface area contributed by atoms with Crippen LogP contribution in [0, 0.1) is 0 Å². The Kier molecular flexibility index (Phi) is 8.28. The molecule has 5 rings (SSSR count). The van der Waals surface area contributed by atoms with Crippen LogP contribution in [0.1, 0.15) is 45.4 Å². The average molecular weight is 585 g/mol. The molecule has 37 heavy (non-hydrogen) atoms. The molecule has 3 saturated heterocycles. The lowest BCUT2D eigenvalue weighted by Gasteiger charge is -2.35. The van der Waals surface area contributed by atoms with Gasteiger partial charge in [-0.15, -0.1) is 22.7 Å². The molecule has 0 spiro atoms. The van der Waals surface area contributed by atoms with Crippen LogP contribution in [0.15, 0.2) is 28.5 Å². The minimum Gasteiger partial charge on any atom is -0.337 e. The predicted octanol–water partition coefficient (Wildman–Crippen LogP) is 3.87. The maximum absolute atomic E-state index is 13.2. The topological polar surface area (TPSA) is 90.0 Å². The zero-order chi connectivity index (χ0) is 26.2. The van der Waals surface area contributed by atoms with Crippen molar-refractivity contribution in [2.45, 2.75) is 67.8 Å². The van der Waals surface area contributed by atoms with Crippen molar-refractivity contribution in [3.8, 4) is 9.75 Å². The number of hydrogen-bond acceptors (Lipinski definition) is 7. The number of carbonyl (C=O) groups is 2. The number of thiophene rings is 2. The normalized spacial score (nSPS) is 25.4. The molecule has 3 unspecified atom stereocenters. The van der Waals surface area contributed by atoms with E-state index in [4.69, 9.17) is 11.6 Å². The predicted molar refractivity (Wildman–Crippen MR) is 148 cm³/mol. The van der Waals surface area contributed by atoms with Crippen LogP contribution in [-0.4, -0.2) is 85.8 Å². The van der Waals surface area contributed by atoms with Gasteiger partial charge < -0.3 is 9.80 Å². The van der Waals surface area contributed by atoms with Crippen molar-refractivity contribution < 1.29 is 18.0 Å². The standard InChI is InChI=1S/C25H33ClN4O4S3/c1-17-5-2-12-28(17)15-18-6-3-14-30(18)23(31)16-29-13-4-7-19(25(29)32)27-37(33,34)24-11-9-21(36-24)20-8-10-22(26)35-20/h8-11,17-19,27H,2-7,12-16H2,1H3. The van der Waals surface area contributed by atoms with E-state index in [1.807, 2.05) is 11.0 Å². The minimum atomic E-state index is -3.88. The van der Waals surface area contributed by atoms with E-state index in [0.717, 1.165) is 53.6 Å². The summed E-state index contributed by atoms with van der Waals surface area (Å²) in [5.41, 5.74) is 0. The molecule has 0 aliphatic carbocycles. The second-order valence-electron chi connectivity index (χ2n) is 10.2. The number of nitrogens with zero attached hydrogens (tertiary/aromatic N) is 3. The maximum Gasteiger partial charge on any atom is 0.250 e. The van der Waals surface area contributed by atoms with Crippen LogP contribution in [0.3, 0.4) is 0 Å². The van der Waals surface area contributed by atoms with Gasteiger partial charge in [-0.25, -0.2) is 8.42 Å². The molecule has 5 heterocycles. The van der Waals surface area contributed by atoms with Gasteiger partial charge in [0.2, 0.25) is 11.8 Å². The van der Waals surface area contributed by atoms with Crippen LogP contribution >= 0.6 is 34.3 Å². The van der Waals surface area contributed by atoms with Crippen molar-refractivity contribution in [2.24, 2.45) is 0 Å². The monoisotopic (exact) mass is 584 g/mol. The zero-order valence-electron chi connectivity index (χ0n) is 20.9. The number of sulfonamides is 1. The molecular formula is C25H33ClN4O4S3. The van der Waals surface area contributed by atoms with Gasteiger partial charge in [-0.2, -0.15) is 4.72 Å². The zero-order valence-corrected chi connectivity index (χ0v) is 24.1. The highest BCUT2D eigenvalue weighted by molar-refractivity contribution is 7.91. The summed E-state index contributed by atoms with van der Waals surface area (Å²) in [6.07, 6.45) is 5.44. The lowest BCUT2D eigenvalue weighted by molar-refractivity contribution is -0.143. The first-order valence-corrected chi connectivity index (χ1v) is 16.4. The molecule has 2 amide bonds. The van der Waals surface area contributed by atoms with Crippen molar-refractivity contribution in [3.05, 3.63) is 28.6 Å². The van der Waals surface area contributed by atoms with Gasteiger partial charge in [0, 0.05) is 41.5 Å². The number of carbonyl (C=O) groups excluding carboxylic acids is 2. The number of nitrogens with one attached hydrogen (secondary N) is 1. The fraction of sp³-hybridized carbons (Fsp3) is 0.600. The third-order valence-electron chi connectivity index (χ3n) is 7.65. The summed E-state index contributed by atoms with van der Waals surface area (Å²) in [7, 11) is -3.88. The Bertz CT molecular complexity index is 1250. The van der Waals surface area contributed by atoms with Crippen LogP contribution in [-0.2, 0) is 19.6 Å². The molecule has 1 N–H and O–H groups in total. The second kappa shape index (κ2) is 11.3. The van der Waals surface area contributed by atoms with Crippen LogP contribution < -0.4 is 4.72 Å². The Labute approximate surface area is 231 Å². The summed E-state index contributed by atoms with van der Waals surface area (Å²) in [5.74, 6) is -0.363. The Hall–Kier alpha value is -1.50. The molecule has 3 fully saturated rings. The van der Waals surface area contributed by atoms with E-state index in [1.54, 1.807) is 18.2 Å². The molecule has 0 saturated carbocycles. The smallest absolute Gasteiger partial charge is 0.250 e. The molecule has 0 bridgehead atoms. The maximum atomic E-state index is 13.2. The number of halogens is 1. The lowest BCUT2D eigenvalue weighted by atomic mass is 10.1. The van der Waals surface area contributed by atoms with Gasteiger partial charge in [0.15, 0.2) is 0 Å². The fourth-order valence-electron chi connectivity index (χ4n) is 5.64. The first kappa shape index (κ1) is 27.1. The molecule has 3 aliphatic rings. The van der Waals surface area contributed by atoms with Gasteiger partial charge >= 0.3 is 0 Å². The Morgan fingerprint density at radius 2 is 1.76 bits per heavy atom. The van der Waals surface area contributed by atoms with Gasteiger partial charge in [0.25, 0.3) is 10.0 Å². The first-order chi connectivity index (χ1) is 17.7. The van der Waals surface area contributed by atoms with Crippen LogP contribution in [0.2, 0.25) is 4.34 Å². The molecule has 12 heteroatoms. The third-order valence-corrected chi connectivity index (χ3v) is 12.1. The van der Waals surface area contributed by atoms with Crippen molar-refractivity contribution in [3.63, 3.8) is 0 Å². The molecule has 3 aliphatic heterocycles. The van der Waals surface area contributed by atoms with E-state index in [-0.39, 0.29) is 28.6 Å². The highest BCUT2D eigenvalue weighted by Crippen LogP contribution is 2.37. The summed E-state index contributed by atoms with van der Waals surface area (Å²) < 4.78 is 29.6. The molecule has 0 radical (unpaired) electrons. The molecule has 2 aromatic rings. The Balaban J connectivity index is 1.20. The van der Waals surface area contributed by atoms with E-state index in [2.05, 4.69) is 16.5 Å². The van der Waals surface area contributed by atoms with Crippen molar-refractivity contribution >= 4 is 56.1 Å². The van der Waals surface area contributed by atoms with E-state index >= 15 is 0 Å². The van der Waals surface area contributed by atoms with Gasteiger partial charge in [0.1, 0.15) is 10.3 Å². The molecular weight excluding hydrogens is 552 g/mol. The minimum absolute atomic E-state index is 0.00536. The molecule has 0 aromatic carbocycles. The molecule has 8 nitrogen and oxygen atoms in total. The first-order valence-electron chi connectivity index (χ1n) is 12.9. The van der Waals surface area contributed by atoms with Crippen LogP contribution in [0.25, 0.3) is 9.75 Å². The Morgan fingerprint density at radius 1 is 1.03 bits per heavy atom. The van der Waals surface area contributed by atoms with E-state index in [0.29, 0.717) is 29.8 Å². The van der Waals surface area contributed by atoms with E-state index in [1.165, 1.54) is 29.1 Å². The highest BCUT2D eigenvalue weighted by atomic mass is 35.5. The van der Waals surface area contributed by atoms with E-state index < -0.39 is 16.1 Å². The van der Waals surface area contributed by atoms with Gasteiger partial charge in [-0.05, 0) is 76.3 Å². The van der Waals surface area contributed by atoms with Gasteiger partial charge in [-0.1, -0.05) is 11.6 Å². The quantitative estimate of drug-likeness (QED) is 0.509. The Morgan fingerprint density at radius 3 is 2.49 bits per heavy atom.